The van der Waals surface area contributed by atoms with Gasteiger partial charge in [0.25, 0.3) is 0 Å². The Morgan fingerprint density at radius 1 is 1.00 bits per heavy atom. The molecule has 2 rings (SSSR count). The second-order valence-corrected chi connectivity index (χ2v) is 3.33. The molecule has 2 aromatic rings. The molecule has 0 fully saturated rings. The van der Waals surface area contributed by atoms with E-state index in [1.165, 1.54) is 25.3 Å². The average molecular weight is 220 g/mol. The van der Waals surface area contributed by atoms with Gasteiger partial charge in [-0.15, -0.1) is 0 Å². The molecule has 0 N–H and O–H groups in total. The molecular formula is C13H10F2O. The van der Waals surface area contributed by atoms with Crippen molar-refractivity contribution in [2.45, 2.75) is 0 Å². The number of hydrogen-bond acceptors (Lipinski definition) is 1. The van der Waals surface area contributed by atoms with E-state index < -0.39 is 5.82 Å². The average Bonchev–Trinajstić information content (AvgIpc) is 2.28. The van der Waals surface area contributed by atoms with E-state index >= 15 is 0 Å². The van der Waals surface area contributed by atoms with Gasteiger partial charge in [-0.25, -0.2) is 8.78 Å². The highest BCUT2D eigenvalue weighted by atomic mass is 19.1. The monoisotopic (exact) mass is 220 g/mol. The largest absolute Gasteiger partial charge is 0.493 e. The zero-order valence-corrected chi connectivity index (χ0v) is 8.71. The Hall–Kier alpha value is -1.90. The summed E-state index contributed by atoms with van der Waals surface area (Å²) in [5, 5.41) is 0. The first-order valence-electron chi connectivity index (χ1n) is 4.81. The van der Waals surface area contributed by atoms with Gasteiger partial charge in [-0.3, -0.25) is 0 Å². The number of methoxy groups -OCH3 is 1. The summed E-state index contributed by atoms with van der Waals surface area (Å²) in [6.45, 7) is 0. The maximum Gasteiger partial charge on any atom is 0.165 e. The highest BCUT2D eigenvalue weighted by molar-refractivity contribution is 5.70. The molecule has 2 aromatic carbocycles. The van der Waals surface area contributed by atoms with Crippen molar-refractivity contribution < 1.29 is 13.5 Å². The van der Waals surface area contributed by atoms with Gasteiger partial charge in [-0.05, 0) is 23.8 Å². The molecule has 3 heteroatoms. The standard InChI is InChI=1S/C13H10F2O/c1-16-13-11(6-3-7-12(13)15)9-4-2-5-10(14)8-9/h2-8H,1H3. The first-order valence-corrected chi connectivity index (χ1v) is 4.81. The van der Waals surface area contributed by atoms with Gasteiger partial charge in [0, 0.05) is 5.56 Å². The van der Waals surface area contributed by atoms with Crippen molar-refractivity contribution in [2.24, 2.45) is 0 Å². The summed E-state index contributed by atoms with van der Waals surface area (Å²) in [7, 11) is 1.39. The molecule has 0 aliphatic rings. The molecule has 1 nitrogen and oxygen atoms in total. The smallest absolute Gasteiger partial charge is 0.165 e. The number of halogens is 2. The molecule has 0 saturated heterocycles. The van der Waals surface area contributed by atoms with Crippen LogP contribution < -0.4 is 4.74 Å². The minimum absolute atomic E-state index is 0.133. The van der Waals surface area contributed by atoms with Crippen molar-refractivity contribution in [2.75, 3.05) is 7.11 Å². The van der Waals surface area contributed by atoms with E-state index in [-0.39, 0.29) is 11.6 Å². The molecule has 0 spiro atoms. The van der Waals surface area contributed by atoms with Crippen LogP contribution in [0.3, 0.4) is 0 Å². The Bertz CT molecular complexity index is 509. The fourth-order valence-corrected chi connectivity index (χ4v) is 1.60. The number of ether oxygens (including phenoxy) is 1. The second-order valence-electron chi connectivity index (χ2n) is 3.33. The predicted octanol–water partition coefficient (Wildman–Crippen LogP) is 3.64. The molecular weight excluding hydrogens is 210 g/mol. The maximum atomic E-state index is 13.4. The topological polar surface area (TPSA) is 9.23 Å². The summed E-state index contributed by atoms with van der Waals surface area (Å²) in [5.41, 5.74) is 1.14. The van der Waals surface area contributed by atoms with E-state index in [1.807, 2.05) is 0 Å². The SMILES string of the molecule is COc1c(F)cccc1-c1cccc(F)c1. The molecule has 0 aliphatic carbocycles. The van der Waals surface area contributed by atoms with Gasteiger partial charge < -0.3 is 4.74 Å². The molecule has 0 aromatic heterocycles. The van der Waals surface area contributed by atoms with E-state index in [0.717, 1.165) is 0 Å². The minimum Gasteiger partial charge on any atom is -0.493 e. The molecule has 0 saturated carbocycles. The van der Waals surface area contributed by atoms with Crippen molar-refractivity contribution in [3.8, 4) is 16.9 Å². The van der Waals surface area contributed by atoms with Crippen LogP contribution in [0.5, 0.6) is 5.75 Å². The summed E-state index contributed by atoms with van der Waals surface area (Å²) in [5.74, 6) is -0.679. The van der Waals surface area contributed by atoms with E-state index in [0.29, 0.717) is 11.1 Å². The Labute approximate surface area is 92.3 Å². The van der Waals surface area contributed by atoms with Gasteiger partial charge in [0.1, 0.15) is 5.82 Å². The molecule has 0 bridgehead atoms. The highest BCUT2D eigenvalue weighted by Crippen LogP contribution is 2.32. The lowest BCUT2D eigenvalue weighted by Gasteiger charge is -2.09. The third kappa shape index (κ3) is 1.89. The first kappa shape index (κ1) is 10.6. The zero-order chi connectivity index (χ0) is 11.5. The summed E-state index contributed by atoms with van der Waals surface area (Å²) >= 11 is 0. The van der Waals surface area contributed by atoms with E-state index in [9.17, 15) is 8.78 Å². The summed E-state index contributed by atoms with van der Waals surface area (Å²) in [4.78, 5) is 0. The van der Waals surface area contributed by atoms with Crippen molar-refractivity contribution in [3.63, 3.8) is 0 Å². The van der Waals surface area contributed by atoms with Crippen molar-refractivity contribution in [3.05, 3.63) is 54.1 Å². The Balaban J connectivity index is 2.60. The van der Waals surface area contributed by atoms with Crippen LogP contribution in [-0.2, 0) is 0 Å². The van der Waals surface area contributed by atoms with Gasteiger partial charge in [0.05, 0.1) is 7.11 Å². The van der Waals surface area contributed by atoms with Gasteiger partial charge in [-0.1, -0.05) is 24.3 Å². The van der Waals surface area contributed by atoms with Crippen LogP contribution >= 0.6 is 0 Å². The molecule has 0 unspecified atom stereocenters. The van der Waals surface area contributed by atoms with Crippen molar-refractivity contribution in [1.82, 2.24) is 0 Å². The molecule has 0 radical (unpaired) electrons. The number of hydrogen-bond donors (Lipinski definition) is 0. The number of benzene rings is 2. The number of para-hydroxylation sites is 1. The van der Waals surface area contributed by atoms with Crippen LogP contribution in [0.1, 0.15) is 0 Å². The normalized spacial score (nSPS) is 10.2. The Kier molecular flexibility index (Phi) is 2.86. The maximum absolute atomic E-state index is 13.4. The summed E-state index contributed by atoms with van der Waals surface area (Å²) in [6.07, 6.45) is 0. The molecule has 0 aliphatic heterocycles. The zero-order valence-electron chi connectivity index (χ0n) is 8.71. The van der Waals surface area contributed by atoms with Crippen LogP contribution in [0.25, 0.3) is 11.1 Å². The van der Waals surface area contributed by atoms with Crippen LogP contribution in [-0.4, -0.2) is 7.11 Å². The summed E-state index contributed by atoms with van der Waals surface area (Å²) in [6, 6.07) is 10.5. The lowest BCUT2D eigenvalue weighted by Crippen LogP contribution is -1.91. The molecule has 16 heavy (non-hydrogen) atoms. The van der Waals surface area contributed by atoms with Crippen molar-refractivity contribution >= 4 is 0 Å². The van der Waals surface area contributed by atoms with Gasteiger partial charge in [0.2, 0.25) is 0 Å². The molecule has 82 valence electrons. The Morgan fingerprint density at radius 3 is 2.44 bits per heavy atom. The first-order chi connectivity index (χ1) is 7.72. The predicted molar refractivity (Wildman–Crippen MR) is 58.3 cm³/mol. The lowest BCUT2D eigenvalue weighted by molar-refractivity contribution is 0.388. The fourth-order valence-electron chi connectivity index (χ4n) is 1.60. The third-order valence-electron chi connectivity index (χ3n) is 2.31. The van der Waals surface area contributed by atoms with Gasteiger partial charge in [0.15, 0.2) is 11.6 Å². The quantitative estimate of drug-likeness (QED) is 0.750. The van der Waals surface area contributed by atoms with Crippen LogP contribution in [0, 0.1) is 11.6 Å². The lowest BCUT2D eigenvalue weighted by atomic mass is 10.0. The van der Waals surface area contributed by atoms with E-state index in [4.69, 9.17) is 4.74 Å². The summed E-state index contributed by atoms with van der Waals surface area (Å²) < 4.78 is 31.4. The molecule has 0 heterocycles. The minimum atomic E-state index is -0.454. The fraction of sp³-hybridized carbons (Fsp3) is 0.0769. The highest BCUT2D eigenvalue weighted by Gasteiger charge is 2.10. The second kappa shape index (κ2) is 4.31. The van der Waals surface area contributed by atoms with Crippen LogP contribution in [0.4, 0.5) is 8.78 Å². The third-order valence-corrected chi connectivity index (χ3v) is 2.31. The number of rotatable bonds is 2. The Morgan fingerprint density at radius 2 is 1.75 bits per heavy atom. The van der Waals surface area contributed by atoms with E-state index in [2.05, 4.69) is 0 Å². The molecule has 0 amide bonds. The van der Waals surface area contributed by atoms with Crippen LogP contribution in [0.15, 0.2) is 42.5 Å². The van der Waals surface area contributed by atoms with Crippen molar-refractivity contribution in [1.29, 1.82) is 0 Å². The molecule has 0 atom stereocenters. The van der Waals surface area contributed by atoms with E-state index in [1.54, 1.807) is 24.3 Å². The van der Waals surface area contributed by atoms with Gasteiger partial charge >= 0.3 is 0 Å². The van der Waals surface area contributed by atoms with Crippen LogP contribution in [0.2, 0.25) is 0 Å². The van der Waals surface area contributed by atoms with Gasteiger partial charge in [-0.2, -0.15) is 0 Å².